The summed E-state index contributed by atoms with van der Waals surface area (Å²) in [6.45, 7) is 9.40. The Bertz CT molecular complexity index is 1090. The lowest BCUT2D eigenvalue weighted by Gasteiger charge is -2.45. The van der Waals surface area contributed by atoms with Crippen LogP contribution in [-0.4, -0.2) is 56.2 Å². The molecule has 42 heavy (non-hydrogen) atoms. The van der Waals surface area contributed by atoms with Gasteiger partial charge in [-0.15, -0.1) is 0 Å². The van der Waals surface area contributed by atoms with Crippen LogP contribution >= 0.6 is 0 Å². The summed E-state index contributed by atoms with van der Waals surface area (Å²) >= 11 is 0. The highest BCUT2D eigenvalue weighted by Crippen LogP contribution is 2.60. The molecular formula is C32H44F6O4. The zero-order valence-corrected chi connectivity index (χ0v) is 24.6. The molecule has 0 amide bonds. The number of fused-ring (bicyclic) bond motifs is 1. The molecule has 3 saturated carbocycles. The third kappa shape index (κ3) is 7.64. The largest absolute Gasteiger partial charge is 0.438 e. The van der Waals surface area contributed by atoms with Gasteiger partial charge in [0.15, 0.2) is 0 Å². The van der Waals surface area contributed by atoms with Gasteiger partial charge in [0, 0.05) is 12.8 Å². The molecule has 0 bridgehead atoms. The molecule has 0 heterocycles. The molecule has 3 aliphatic rings. The Kier molecular flexibility index (Phi) is 10.5. The van der Waals surface area contributed by atoms with Crippen LogP contribution in [0.1, 0.15) is 91.4 Å². The first-order valence-electron chi connectivity index (χ1n) is 14.7. The van der Waals surface area contributed by atoms with Crippen molar-refractivity contribution in [1.82, 2.24) is 0 Å². The minimum Gasteiger partial charge on any atom is -0.393 e. The maximum atomic E-state index is 13.2. The summed E-state index contributed by atoms with van der Waals surface area (Å²) in [6, 6.07) is 0. The van der Waals surface area contributed by atoms with E-state index >= 15 is 0 Å². The summed E-state index contributed by atoms with van der Waals surface area (Å²) in [5.74, 6) is 3.04. The van der Waals surface area contributed by atoms with Crippen LogP contribution < -0.4 is 0 Å². The first-order chi connectivity index (χ1) is 19.2. The summed E-state index contributed by atoms with van der Waals surface area (Å²) < 4.78 is 79.3. The predicted octanol–water partition coefficient (Wildman–Crippen LogP) is 6.93. The van der Waals surface area contributed by atoms with Crippen molar-refractivity contribution in [2.24, 2.45) is 23.2 Å². The molecule has 0 aromatic rings. The van der Waals surface area contributed by atoms with E-state index in [0.29, 0.717) is 31.3 Å². The van der Waals surface area contributed by atoms with Crippen molar-refractivity contribution < 1.29 is 46.8 Å². The zero-order chi connectivity index (χ0) is 31.7. The fourth-order valence-electron chi connectivity index (χ4n) is 7.37. The predicted molar refractivity (Wildman–Crippen MR) is 148 cm³/mol. The molecule has 0 radical (unpaired) electrons. The van der Waals surface area contributed by atoms with Crippen molar-refractivity contribution in [2.75, 3.05) is 0 Å². The fourth-order valence-corrected chi connectivity index (χ4v) is 7.37. The van der Waals surface area contributed by atoms with Gasteiger partial charge in [-0.25, -0.2) is 0 Å². The average Bonchev–Trinajstić information content (AvgIpc) is 3.19. The van der Waals surface area contributed by atoms with Gasteiger partial charge in [-0.3, -0.25) is 0 Å². The van der Waals surface area contributed by atoms with Gasteiger partial charge in [0.1, 0.15) is 0 Å². The van der Waals surface area contributed by atoms with Crippen LogP contribution in [0.15, 0.2) is 35.5 Å². The number of alkyl halides is 6. The van der Waals surface area contributed by atoms with Crippen molar-refractivity contribution in [1.29, 1.82) is 0 Å². The van der Waals surface area contributed by atoms with E-state index < -0.39 is 35.8 Å². The van der Waals surface area contributed by atoms with E-state index in [-0.39, 0.29) is 36.0 Å². The van der Waals surface area contributed by atoms with Crippen molar-refractivity contribution in [2.45, 2.75) is 127 Å². The van der Waals surface area contributed by atoms with Gasteiger partial charge < -0.3 is 20.4 Å². The maximum Gasteiger partial charge on any atom is 0.438 e. The van der Waals surface area contributed by atoms with Gasteiger partial charge in [-0.05, 0) is 105 Å². The van der Waals surface area contributed by atoms with Gasteiger partial charge in [-0.2, -0.15) is 26.3 Å². The van der Waals surface area contributed by atoms with E-state index in [2.05, 4.69) is 19.4 Å². The van der Waals surface area contributed by atoms with E-state index in [1.165, 1.54) is 5.57 Å². The lowest BCUT2D eigenvalue weighted by molar-refractivity contribution is -0.343. The second-order valence-electron chi connectivity index (χ2n) is 13.3. The average molecular weight is 607 g/mol. The smallest absolute Gasteiger partial charge is 0.393 e. The molecule has 0 aliphatic heterocycles. The van der Waals surface area contributed by atoms with E-state index in [9.17, 15) is 46.8 Å². The van der Waals surface area contributed by atoms with E-state index in [0.717, 1.165) is 43.6 Å². The first kappa shape index (κ1) is 34.7. The van der Waals surface area contributed by atoms with E-state index in [1.807, 2.05) is 12.2 Å². The van der Waals surface area contributed by atoms with Crippen molar-refractivity contribution in [3.63, 3.8) is 0 Å². The monoisotopic (exact) mass is 606 g/mol. The normalized spacial score (nSPS) is 32.1. The SMILES string of the molecule is C=C1/C(=C\C=C2/CCC[C@]3(C)[C@@H]([C@@H](CC#CC(O)(C(F)(F)F)C(F)(F)F)CCCC(C)(C)O)CC[C@@H]23)C[C@@H](O)CC1O. The molecular weight excluding hydrogens is 562 g/mol. The Hall–Kier alpha value is -1.80. The second-order valence-corrected chi connectivity index (χ2v) is 13.3. The van der Waals surface area contributed by atoms with Gasteiger partial charge in [-0.1, -0.05) is 43.6 Å². The summed E-state index contributed by atoms with van der Waals surface area (Å²) in [5, 5.41) is 40.0. The number of aliphatic hydroxyl groups is 4. The molecule has 4 nitrogen and oxygen atoms in total. The maximum absolute atomic E-state index is 13.2. The minimum atomic E-state index is -5.99. The van der Waals surface area contributed by atoms with Crippen LogP contribution in [0.25, 0.3) is 0 Å². The number of rotatable bonds is 7. The third-order valence-corrected chi connectivity index (χ3v) is 9.69. The topological polar surface area (TPSA) is 80.9 Å². The number of hydrogen-bond acceptors (Lipinski definition) is 4. The Balaban J connectivity index is 1.89. The molecule has 238 valence electrons. The molecule has 0 aromatic heterocycles. The fraction of sp³-hybridized carbons (Fsp3) is 0.750. The third-order valence-electron chi connectivity index (χ3n) is 9.69. The van der Waals surface area contributed by atoms with Crippen LogP contribution in [0.5, 0.6) is 0 Å². The molecule has 0 spiro atoms. The molecule has 6 atom stereocenters. The molecule has 3 rings (SSSR count). The molecule has 4 N–H and O–H groups in total. The van der Waals surface area contributed by atoms with E-state index in [4.69, 9.17) is 0 Å². The van der Waals surface area contributed by atoms with Crippen LogP contribution in [0.3, 0.4) is 0 Å². The van der Waals surface area contributed by atoms with Crippen LogP contribution in [0, 0.1) is 35.0 Å². The minimum absolute atomic E-state index is 0.0203. The van der Waals surface area contributed by atoms with Gasteiger partial charge in [0.2, 0.25) is 0 Å². The highest BCUT2D eigenvalue weighted by Gasteiger charge is 2.70. The van der Waals surface area contributed by atoms with Crippen molar-refractivity contribution in [3.8, 4) is 11.8 Å². The second kappa shape index (κ2) is 12.7. The van der Waals surface area contributed by atoms with Crippen LogP contribution in [0.2, 0.25) is 0 Å². The Labute approximate surface area is 244 Å². The zero-order valence-electron chi connectivity index (χ0n) is 24.6. The Morgan fingerprint density at radius 3 is 2.29 bits per heavy atom. The van der Waals surface area contributed by atoms with Gasteiger partial charge >= 0.3 is 18.0 Å². The van der Waals surface area contributed by atoms with Gasteiger partial charge in [0.05, 0.1) is 17.8 Å². The molecule has 3 aliphatic carbocycles. The summed E-state index contributed by atoms with van der Waals surface area (Å²) in [7, 11) is 0. The van der Waals surface area contributed by atoms with Gasteiger partial charge in [0.25, 0.3) is 0 Å². The molecule has 10 heteroatoms. The van der Waals surface area contributed by atoms with E-state index in [1.54, 1.807) is 13.8 Å². The molecule has 0 aromatic carbocycles. The summed E-state index contributed by atoms with van der Waals surface area (Å²) in [4.78, 5) is 0. The summed E-state index contributed by atoms with van der Waals surface area (Å²) in [6.07, 6.45) is -3.56. The number of aliphatic hydroxyl groups excluding tert-OH is 2. The lowest BCUT2D eigenvalue weighted by Crippen LogP contribution is -2.55. The highest BCUT2D eigenvalue weighted by atomic mass is 19.4. The molecule has 0 saturated heterocycles. The highest BCUT2D eigenvalue weighted by molar-refractivity contribution is 5.38. The van der Waals surface area contributed by atoms with Crippen LogP contribution in [0.4, 0.5) is 26.3 Å². The first-order valence-corrected chi connectivity index (χ1v) is 14.7. The number of halogens is 6. The molecule has 1 unspecified atom stereocenters. The van der Waals surface area contributed by atoms with Crippen molar-refractivity contribution in [3.05, 3.63) is 35.5 Å². The quantitative estimate of drug-likeness (QED) is 0.187. The lowest BCUT2D eigenvalue weighted by atomic mass is 9.60. The number of hydrogen-bond donors (Lipinski definition) is 4. The Morgan fingerprint density at radius 1 is 1.05 bits per heavy atom. The summed E-state index contributed by atoms with van der Waals surface area (Å²) in [5.41, 5.74) is -3.75. The molecule has 3 fully saturated rings. The Morgan fingerprint density at radius 2 is 1.69 bits per heavy atom. The number of allylic oxidation sites excluding steroid dienone is 3. The standard InChI is InChI=1S/C32H44F6O4/c1-20-23(18-24(39)19-27(20)40)12-11-22-9-6-16-29(4)25(13-14-26(22)29)21(8-5-15-28(2,3)41)10-7-17-30(42,31(33,34)35)32(36,37)38/h11-12,21,24-27,39-42H,1,5-6,8-10,13-16,18-19H2,2-4H3/b22-11+,23-12-/t21-,24-,25-,26+,27?,29-/m1/s1. The van der Waals surface area contributed by atoms with Crippen molar-refractivity contribution >= 4 is 0 Å². The van der Waals surface area contributed by atoms with Crippen LogP contribution in [-0.2, 0) is 0 Å².